The Bertz CT molecular complexity index is 628. The van der Waals surface area contributed by atoms with Crippen LogP contribution in [0.3, 0.4) is 0 Å². The number of ether oxygens (including phenoxy) is 3. The second-order valence-electron chi connectivity index (χ2n) is 4.87. The molecule has 5 heteroatoms. The standard InChI is InChI=1S/C18H21NO4/c1-21-16-8-9-17(22-2)14(12-16)13-19-18(20)10-11-23-15-6-4-3-5-7-15/h3-9,12H,10-11,13H2,1-2H3,(H,19,20). The summed E-state index contributed by atoms with van der Waals surface area (Å²) in [6.45, 7) is 0.718. The zero-order valence-corrected chi connectivity index (χ0v) is 13.4. The molecule has 2 aromatic carbocycles. The summed E-state index contributed by atoms with van der Waals surface area (Å²) in [5.74, 6) is 2.12. The smallest absolute Gasteiger partial charge is 0.223 e. The third-order valence-electron chi connectivity index (χ3n) is 3.30. The largest absolute Gasteiger partial charge is 0.497 e. The normalized spacial score (nSPS) is 10.0. The molecule has 0 spiro atoms. The Morgan fingerprint density at radius 1 is 1.00 bits per heavy atom. The van der Waals surface area contributed by atoms with Gasteiger partial charge in [0.15, 0.2) is 0 Å². The van der Waals surface area contributed by atoms with Crippen molar-refractivity contribution in [3.63, 3.8) is 0 Å². The van der Waals surface area contributed by atoms with Gasteiger partial charge in [0.05, 0.1) is 27.2 Å². The van der Waals surface area contributed by atoms with Gasteiger partial charge in [0.25, 0.3) is 0 Å². The molecule has 122 valence electrons. The third kappa shape index (κ3) is 5.21. The lowest BCUT2D eigenvalue weighted by Crippen LogP contribution is -2.24. The second-order valence-corrected chi connectivity index (χ2v) is 4.87. The summed E-state index contributed by atoms with van der Waals surface area (Å²) < 4.78 is 16.0. The first-order valence-electron chi connectivity index (χ1n) is 7.38. The average Bonchev–Trinajstić information content (AvgIpc) is 2.60. The molecule has 5 nitrogen and oxygen atoms in total. The van der Waals surface area contributed by atoms with Crippen LogP contribution in [-0.4, -0.2) is 26.7 Å². The van der Waals surface area contributed by atoms with E-state index in [1.54, 1.807) is 14.2 Å². The number of methoxy groups -OCH3 is 2. The Kier molecular flexibility index (Phi) is 6.29. The Morgan fingerprint density at radius 2 is 1.78 bits per heavy atom. The molecular weight excluding hydrogens is 294 g/mol. The molecule has 0 saturated carbocycles. The van der Waals surface area contributed by atoms with E-state index >= 15 is 0 Å². The van der Waals surface area contributed by atoms with Crippen molar-refractivity contribution in [1.29, 1.82) is 0 Å². The monoisotopic (exact) mass is 315 g/mol. The summed E-state index contributed by atoms with van der Waals surface area (Å²) in [6, 6.07) is 14.9. The second kappa shape index (κ2) is 8.68. The molecule has 0 saturated heterocycles. The van der Waals surface area contributed by atoms with Gasteiger partial charge in [0, 0.05) is 12.1 Å². The fraction of sp³-hybridized carbons (Fsp3) is 0.278. The van der Waals surface area contributed by atoms with E-state index in [0.717, 1.165) is 17.1 Å². The Hall–Kier alpha value is -2.69. The molecular formula is C18H21NO4. The number of benzene rings is 2. The average molecular weight is 315 g/mol. The summed E-state index contributed by atoms with van der Waals surface area (Å²) in [7, 11) is 3.20. The highest BCUT2D eigenvalue weighted by Gasteiger charge is 2.07. The van der Waals surface area contributed by atoms with Crippen LogP contribution in [-0.2, 0) is 11.3 Å². The molecule has 0 aliphatic heterocycles. The molecule has 0 aromatic heterocycles. The molecule has 0 heterocycles. The van der Waals surface area contributed by atoms with Crippen LogP contribution in [0.1, 0.15) is 12.0 Å². The highest BCUT2D eigenvalue weighted by Crippen LogP contribution is 2.23. The van der Waals surface area contributed by atoms with E-state index in [4.69, 9.17) is 14.2 Å². The Labute approximate surface area is 136 Å². The van der Waals surface area contributed by atoms with E-state index in [2.05, 4.69) is 5.32 Å². The van der Waals surface area contributed by atoms with Crippen LogP contribution >= 0.6 is 0 Å². The summed E-state index contributed by atoms with van der Waals surface area (Å²) >= 11 is 0. The summed E-state index contributed by atoms with van der Waals surface area (Å²) in [5.41, 5.74) is 0.865. The quantitative estimate of drug-likeness (QED) is 0.814. The molecule has 0 aliphatic rings. The maximum atomic E-state index is 11.9. The summed E-state index contributed by atoms with van der Waals surface area (Å²) in [5, 5.41) is 2.86. The predicted octanol–water partition coefficient (Wildman–Crippen LogP) is 2.79. The molecule has 0 radical (unpaired) electrons. The van der Waals surface area contributed by atoms with Crippen molar-refractivity contribution in [3.8, 4) is 17.2 Å². The van der Waals surface area contributed by atoms with Gasteiger partial charge in [-0.15, -0.1) is 0 Å². The minimum absolute atomic E-state index is 0.0780. The first-order valence-corrected chi connectivity index (χ1v) is 7.38. The van der Waals surface area contributed by atoms with E-state index in [1.165, 1.54) is 0 Å². The van der Waals surface area contributed by atoms with E-state index < -0.39 is 0 Å². The van der Waals surface area contributed by atoms with Gasteiger partial charge < -0.3 is 19.5 Å². The van der Waals surface area contributed by atoms with E-state index in [1.807, 2.05) is 48.5 Å². The molecule has 0 unspecified atom stereocenters. The first-order chi connectivity index (χ1) is 11.2. The number of hydrogen-bond acceptors (Lipinski definition) is 4. The van der Waals surface area contributed by atoms with Crippen molar-refractivity contribution in [2.75, 3.05) is 20.8 Å². The third-order valence-corrected chi connectivity index (χ3v) is 3.30. The number of carbonyl (C=O) groups excluding carboxylic acids is 1. The molecule has 2 rings (SSSR count). The summed E-state index contributed by atoms with van der Waals surface area (Å²) in [4.78, 5) is 11.9. The fourth-order valence-corrected chi connectivity index (χ4v) is 2.08. The number of carbonyl (C=O) groups is 1. The zero-order valence-electron chi connectivity index (χ0n) is 13.4. The molecule has 0 aliphatic carbocycles. The van der Waals surface area contributed by atoms with Crippen molar-refractivity contribution in [2.45, 2.75) is 13.0 Å². The minimum Gasteiger partial charge on any atom is -0.497 e. The van der Waals surface area contributed by atoms with E-state index in [0.29, 0.717) is 25.3 Å². The first kappa shape index (κ1) is 16.7. The topological polar surface area (TPSA) is 56.8 Å². The van der Waals surface area contributed by atoms with Crippen LogP contribution < -0.4 is 19.5 Å². The van der Waals surface area contributed by atoms with E-state index in [-0.39, 0.29) is 5.91 Å². The van der Waals surface area contributed by atoms with Crippen molar-refractivity contribution in [2.24, 2.45) is 0 Å². The van der Waals surface area contributed by atoms with Gasteiger partial charge in [-0.1, -0.05) is 18.2 Å². The lowest BCUT2D eigenvalue weighted by atomic mass is 10.2. The van der Waals surface area contributed by atoms with Gasteiger partial charge in [-0.25, -0.2) is 0 Å². The van der Waals surface area contributed by atoms with Gasteiger partial charge in [-0.3, -0.25) is 4.79 Å². The van der Waals surface area contributed by atoms with Crippen LogP contribution in [0.25, 0.3) is 0 Å². The zero-order chi connectivity index (χ0) is 16.5. The Morgan fingerprint density at radius 3 is 2.48 bits per heavy atom. The lowest BCUT2D eigenvalue weighted by Gasteiger charge is -2.11. The van der Waals surface area contributed by atoms with Crippen LogP contribution in [0.2, 0.25) is 0 Å². The van der Waals surface area contributed by atoms with Gasteiger partial charge in [-0.05, 0) is 30.3 Å². The number of para-hydroxylation sites is 1. The van der Waals surface area contributed by atoms with Crippen molar-refractivity contribution >= 4 is 5.91 Å². The maximum Gasteiger partial charge on any atom is 0.223 e. The van der Waals surface area contributed by atoms with Crippen molar-refractivity contribution in [1.82, 2.24) is 5.32 Å². The van der Waals surface area contributed by atoms with Crippen LogP contribution in [0, 0.1) is 0 Å². The maximum absolute atomic E-state index is 11.9. The number of hydrogen-bond donors (Lipinski definition) is 1. The molecule has 0 fully saturated rings. The van der Waals surface area contributed by atoms with Crippen LogP contribution in [0.4, 0.5) is 0 Å². The molecule has 1 N–H and O–H groups in total. The highest BCUT2D eigenvalue weighted by atomic mass is 16.5. The number of rotatable bonds is 8. The minimum atomic E-state index is -0.0780. The van der Waals surface area contributed by atoms with Crippen LogP contribution in [0.15, 0.2) is 48.5 Å². The van der Waals surface area contributed by atoms with Gasteiger partial charge in [-0.2, -0.15) is 0 Å². The molecule has 23 heavy (non-hydrogen) atoms. The van der Waals surface area contributed by atoms with Crippen molar-refractivity contribution < 1.29 is 19.0 Å². The number of nitrogens with one attached hydrogen (secondary N) is 1. The van der Waals surface area contributed by atoms with Gasteiger partial charge in [0.2, 0.25) is 5.91 Å². The van der Waals surface area contributed by atoms with Gasteiger partial charge in [0.1, 0.15) is 17.2 Å². The molecule has 2 aromatic rings. The lowest BCUT2D eigenvalue weighted by molar-refractivity contribution is -0.121. The number of amides is 1. The predicted molar refractivity (Wildman–Crippen MR) is 87.9 cm³/mol. The summed E-state index contributed by atoms with van der Waals surface area (Å²) in [6.07, 6.45) is 0.293. The SMILES string of the molecule is COc1ccc(OC)c(CNC(=O)CCOc2ccccc2)c1. The van der Waals surface area contributed by atoms with Crippen LogP contribution in [0.5, 0.6) is 17.2 Å². The Balaban J connectivity index is 1.80. The molecule has 0 atom stereocenters. The van der Waals surface area contributed by atoms with Gasteiger partial charge >= 0.3 is 0 Å². The van der Waals surface area contributed by atoms with Crippen molar-refractivity contribution in [3.05, 3.63) is 54.1 Å². The highest BCUT2D eigenvalue weighted by molar-refractivity contribution is 5.76. The fourth-order valence-electron chi connectivity index (χ4n) is 2.08. The molecule has 1 amide bonds. The van der Waals surface area contributed by atoms with E-state index in [9.17, 15) is 4.79 Å². The molecule has 0 bridgehead atoms.